The van der Waals surface area contributed by atoms with Gasteiger partial charge in [-0.3, -0.25) is 10.00 Å². The van der Waals surface area contributed by atoms with Gasteiger partial charge < -0.3 is 9.64 Å². The third-order valence-corrected chi connectivity index (χ3v) is 7.34. The van der Waals surface area contributed by atoms with Gasteiger partial charge in [-0.25, -0.2) is 19.3 Å². The third kappa shape index (κ3) is 3.28. The third-order valence-electron chi connectivity index (χ3n) is 7.34. The molecule has 3 fully saturated rings. The number of anilines is 1. The van der Waals surface area contributed by atoms with Crippen LogP contribution in [0.15, 0.2) is 55.1 Å². The maximum Gasteiger partial charge on any atom is 0.212 e. The lowest BCUT2D eigenvalue weighted by atomic mass is 9.87. The number of rotatable bonds is 5. The second-order valence-corrected chi connectivity index (χ2v) is 9.38. The standard InChI is InChI=1S/C26H23N9O/c1-27-18-7-21(25-22-11-30-31-26(22)32-35(25)13-18)17-4-5-23(28-10-17)33-14-19-8-20(15-33)34(19)12-16-3-6-24(36-2)29-9-16/h3-7,9-11,13,19-20H,8,12,14-15H2,2H3,(H,31,32). The number of aromatic amines is 1. The summed E-state index contributed by atoms with van der Waals surface area (Å²) >= 11 is 0. The average Bonchev–Trinajstić information content (AvgIpc) is 3.53. The van der Waals surface area contributed by atoms with Crippen molar-refractivity contribution in [2.45, 2.75) is 25.0 Å². The molecule has 0 amide bonds. The van der Waals surface area contributed by atoms with E-state index in [9.17, 15) is 0 Å². The molecular formula is C26H23N9O. The Hall–Kier alpha value is -4.49. The number of aromatic nitrogens is 6. The minimum atomic E-state index is 0.517. The second-order valence-electron chi connectivity index (χ2n) is 9.38. The monoisotopic (exact) mass is 477 g/mol. The van der Waals surface area contributed by atoms with Crippen LogP contribution in [0.25, 0.3) is 32.5 Å². The van der Waals surface area contributed by atoms with Gasteiger partial charge in [0.25, 0.3) is 0 Å². The van der Waals surface area contributed by atoms with E-state index in [-0.39, 0.29) is 0 Å². The zero-order chi connectivity index (χ0) is 24.2. The molecule has 0 aliphatic carbocycles. The van der Waals surface area contributed by atoms with E-state index in [2.05, 4.69) is 53.1 Å². The highest BCUT2D eigenvalue weighted by Gasteiger charge is 2.44. The predicted molar refractivity (Wildman–Crippen MR) is 135 cm³/mol. The first-order valence-electron chi connectivity index (χ1n) is 11.9. The van der Waals surface area contributed by atoms with Gasteiger partial charge in [0.2, 0.25) is 11.6 Å². The van der Waals surface area contributed by atoms with Crippen LogP contribution in [0, 0.1) is 6.57 Å². The van der Waals surface area contributed by atoms with E-state index in [0.29, 0.717) is 29.3 Å². The van der Waals surface area contributed by atoms with Crippen LogP contribution in [-0.4, -0.2) is 67.0 Å². The molecule has 2 unspecified atom stereocenters. The first kappa shape index (κ1) is 20.8. The molecule has 0 saturated carbocycles. The van der Waals surface area contributed by atoms with Crippen molar-refractivity contribution in [3.05, 3.63) is 72.1 Å². The lowest BCUT2D eigenvalue weighted by Gasteiger charge is -2.56. The van der Waals surface area contributed by atoms with E-state index >= 15 is 0 Å². The number of fused-ring (bicyclic) bond motifs is 5. The van der Waals surface area contributed by atoms with E-state index in [1.54, 1.807) is 24.0 Å². The summed E-state index contributed by atoms with van der Waals surface area (Å²) in [6, 6.07) is 11.1. The Labute approximate surface area is 207 Å². The molecule has 0 aromatic carbocycles. The molecule has 5 aromatic rings. The number of H-pyrrole nitrogens is 1. The molecule has 2 bridgehead atoms. The number of piperazine rings is 1. The lowest BCUT2D eigenvalue weighted by Crippen LogP contribution is -2.68. The minimum absolute atomic E-state index is 0.517. The van der Waals surface area contributed by atoms with Crippen LogP contribution in [0.5, 0.6) is 5.88 Å². The van der Waals surface area contributed by atoms with Gasteiger partial charge in [-0.15, -0.1) is 5.10 Å². The van der Waals surface area contributed by atoms with E-state index in [0.717, 1.165) is 47.5 Å². The van der Waals surface area contributed by atoms with Crippen molar-refractivity contribution in [1.29, 1.82) is 0 Å². The van der Waals surface area contributed by atoms with Gasteiger partial charge in [0.05, 0.1) is 30.8 Å². The Kier molecular flexibility index (Phi) is 4.65. The number of hydrogen-bond donors (Lipinski definition) is 1. The van der Waals surface area contributed by atoms with E-state index in [1.165, 1.54) is 12.0 Å². The molecule has 8 heterocycles. The van der Waals surface area contributed by atoms with Crippen LogP contribution in [0.2, 0.25) is 0 Å². The molecule has 0 spiro atoms. The highest BCUT2D eigenvalue weighted by molar-refractivity contribution is 6.01. The van der Waals surface area contributed by atoms with Gasteiger partial charge in [-0.2, -0.15) is 5.10 Å². The Morgan fingerprint density at radius 3 is 2.72 bits per heavy atom. The van der Waals surface area contributed by atoms with Gasteiger partial charge in [-0.05, 0) is 35.7 Å². The molecule has 3 saturated heterocycles. The smallest absolute Gasteiger partial charge is 0.212 e. The molecular weight excluding hydrogens is 454 g/mol. The van der Waals surface area contributed by atoms with Gasteiger partial charge in [0.1, 0.15) is 5.82 Å². The fourth-order valence-corrected chi connectivity index (χ4v) is 5.53. The van der Waals surface area contributed by atoms with Crippen molar-refractivity contribution in [2.24, 2.45) is 0 Å². The molecule has 36 heavy (non-hydrogen) atoms. The average molecular weight is 478 g/mol. The fourth-order valence-electron chi connectivity index (χ4n) is 5.53. The SMILES string of the molecule is [C-]#[N+]c1cc(-c2ccc(N3CC4CC(C3)N4Cc3ccc(OC)nc3)nc2)c2c3cn[nH]c3nn2c1. The van der Waals surface area contributed by atoms with Crippen molar-refractivity contribution in [2.75, 3.05) is 25.1 Å². The Morgan fingerprint density at radius 1 is 1.11 bits per heavy atom. The maximum absolute atomic E-state index is 7.50. The number of ether oxygens (including phenoxy) is 1. The fraction of sp³-hybridized carbons (Fsp3) is 0.269. The van der Waals surface area contributed by atoms with Crippen molar-refractivity contribution < 1.29 is 4.74 Å². The van der Waals surface area contributed by atoms with Crippen molar-refractivity contribution >= 4 is 28.1 Å². The summed E-state index contributed by atoms with van der Waals surface area (Å²) < 4.78 is 6.93. The summed E-state index contributed by atoms with van der Waals surface area (Å²) in [5.41, 5.74) is 5.23. The normalized spacial score (nSPS) is 19.4. The first-order chi connectivity index (χ1) is 17.7. The summed E-state index contributed by atoms with van der Waals surface area (Å²) in [4.78, 5) is 17.7. The van der Waals surface area contributed by atoms with Crippen molar-refractivity contribution in [3.8, 4) is 17.0 Å². The predicted octanol–water partition coefficient (Wildman–Crippen LogP) is 3.69. The molecule has 8 rings (SSSR count). The van der Waals surface area contributed by atoms with Crippen LogP contribution < -0.4 is 9.64 Å². The summed E-state index contributed by atoms with van der Waals surface area (Å²) in [5, 5.41) is 12.5. The van der Waals surface area contributed by atoms with E-state index < -0.39 is 0 Å². The van der Waals surface area contributed by atoms with Crippen LogP contribution in [-0.2, 0) is 6.54 Å². The van der Waals surface area contributed by atoms with Crippen LogP contribution in [0.1, 0.15) is 12.0 Å². The molecule has 3 aliphatic rings. The Balaban J connectivity index is 1.11. The highest BCUT2D eigenvalue weighted by atomic mass is 16.5. The van der Waals surface area contributed by atoms with Gasteiger partial charge in [0, 0.05) is 61.9 Å². The second kappa shape index (κ2) is 8.03. The number of pyridine rings is 3. The van der Waals surface area contributed by atoms with Crippen LogP contribution >= 0.6 is 0 Å². The summed E-state index contributed by atoms with van der Waals surface area (Å²) in [7, 11) is 1.64. The highest BCUT2D eigenvalue weighted by Crippen LogP contribution is 2.37. The summed E-state index contributed by atoms with van der Waals surface area (Å²) in [6.07, 6.45) is 8.55. The minimum Gasteiger partial charge on any atom is -0.481 e. The zero-order valence-corrected chi connectivity index (χ0v) is 19.7. The lowest BCUT2D eigenvalue weighted by molar-refractivity contribution is -0.00876. The largest absolute Gasteiger partial charge is 0.481 e. The molecule has 178 valence electrons. The number of nitrogens with one attached hydrogen (secondary N) is 1. The van der Waals surface area contributed by atoms with Gasteiger partial charge in [0.15, 0.2) is 5.65 Å². The molecule has 5 aromatic heterocycles. The van der Waals surface area contributed by atoms with Crippen molar-refractivity contribution in [3.63, 3.8) is 0 Å². The van der Waals surface area contributed by atoms with E-state index in [4.69, 9.17) is 16.3 Å². The Bertz CT molecular complexity index is 1600. The quantitative estimate of drug-likeness (QED) is 0.386. The number of methoxy groups -OCH3 is 1. The summed E-state index contributed by atoms with van der Waals surface area (Å²) in [6.45, 7) is 10.3. The molecule has 2 atom stereocenters. The zero-order valence-electron chi connectivity index (χ0n) is 19.7. The Morgan fingerprint density at radius 2 is 2.00 bits per heavy atom. The van der Waals surface area contributed by atoms with Crippen LogP contribution in [0.4, 0.5) is 11.5 Å². The van der Waals surface area contributed by atoms with E-state index in [1.807, 2.05) is 24.5 Å². The summed E-state index contributed by atoms with van der Waals surface area (Å²) in [5.74, 6) is 1.63. The molecule has 10 nitrogen and oxygen atoms in total. The topological polar surface area (TPSA) is 91.8 Å². The number of piperidine rings is 1. The molecule has 3 aliphatic heterocycles. The number of hydrogen-bond acceptors (Lipinski definition) is 7. The van der Waals surface area contributed by atoms with Crippen molar-refractivity contribution in [1.82, 2.24) is 34.7 Å². The van der Waals surface area contributed by atoms with Gasteiger partial charge >= 0.3 is 0 Å². The number of nitrogens with zero attached hydrogens (tertiary/aromatic N) is 8. The van der Waals surface area contributed by atoms with Gasteiger partial charge in [-0.1, -0.05) is 6.07 Å². The molecule has 0 radical (unpaired) electrons. The first-order valence-corrected chi connectivity index (χ1v) is 11.9. The maximum atomic E-state index is 7.50. The van der Waals surface area contributed by atoms with Crippen LogP contribution in [0.3, 0.4) is 0 Å². The molecule has 10 heteroatoms. The molecule has 1 N–H and O–H groups in total.